The van der Waals surface area contributed by atoms with Gasteiger partial charge in [-0.05, 0) is 42.0 Å². The highest BCUT2D eigenvalue weighted by atomic mass is 32.2. The Morgan fingerprint density at radius 1 is 1.11 bits per heavy atom. The number of nitrogens with one attached hydrogen (secondary N) is 1. The zero-order valence-corrected chi connectivity index (χ0v) is 21.0. The molecule has 3 atom stereocenters. The normalized spacial score (nSPS) is 24.6. The summed E-state index contributed by atoms with van der Waals surface area (Å²) in [6.07, 6.45) is 4.23. The van der Waals surface area contributed by atoms with Gasteiger partial charge in [0.1, 0.15) is 6.10 Å². The van der Waals surface area contributed by atoms with Gasteiger partial charge in [-0.3, -0.25) is 9.48 Å². The second-order valence-electron chi connectivity index (χ2n) is 10.2. The van der Waals surface area contributed by atoms with E-state index in [1.54, 1.807) is 13.2 Å². The summed E-state index contributed by atoms with van der Waals surface area (Å²) in [6.45, 7) is 1.14. The SMILES string of the molecule is Cn1ccc(S(=O)(=O)N[C@@H]2[C@H](Cc3cccc(-c4ccccc4)c3)N(C(=O)[C@H]3CCO3)CC23CC3)n1. The minimum Gasteiger partial charge on any atom is -0.368 e. The van der Waals surface area contributed by atoms with Crippen LogP contribution < -0.4 is 4.72 Å². The molecule has 3 aliphatic rings. The van der Waals surface area contributed by atoms with Crippen LogP contribution in [0.25, 0.3) is 11.1 Å². The van der Waals surface area contributed by atoms with E-state index in [9.17, 15) is 13.2 Å². The summed E-state index contributed by atoms with van der Waals surface area (Å²) in [5.74, 6) is -0.0312. The summed E-state index contributed by atoms with van der Waals surface area (Å²) in [6, 6.07) is 19.2. The molecule has 2 aromatic carbocycles. The molecule has 9 heteroatoms. The molecule has 2 saturated heterocycles. The van der Waals surface area contributed by atoms with Crippen molar-refractivity contribution in [3.63, 3.8) is 0 Å². The molecule has 1 aromatic heterocycles. The maximum Gasteiger partial charge on any atom is 0.260 e. The van der Waals surface area contributed by atoms with Crippen LogP contribution in [0.3, 0.4) is 0 Å². The largest absolute Gasteiger partial charge is 0.368 e. The minimum atomic E-state index is -3.84. The highest BCUT2D eigenvalue weighted by Crippen LogP contribution is 2.56. The molecule has 1 saturated carbocycles. The lowest BCUT2D eigenvalue weighted by Gasteiger charge is -2.34. The molecule has 8 nitrogen and oxygen atoms in total. The van der Waals surface area contributed by atoms with E-state index in [0.717, 1.165) is 29.5 Å². The third-order valence-corrected chi connectivity index (χ3v) is 9.14. The number of rotatable bonds is 7. The van der Waals surface area contributed by atoms with Gasteiger partial charge in [-0.1, -0.05) is 54.6 Å². The van der Waals surface area contributed by atoms with Gasteiger partial charge < -0.3 is 9.64 Å². The van der Waals surface area contributed by atoms with Crippen molar-refractivity contribution in [2.24, 2.45) is 12.5 Å². The van der Waals surface area contributed by atoms with Crippen molar-refractivity contribution in [3.05, 3.63) is 72.4 Å². The van der Waals surface area contributed by atoms with Gasteiger partial charge in [0, 0.05) is 31.6 Å². The monoisotopic (exact) mass is 506 g/mol. The molecule has 1 N–H and O–H groups in total. The van der Waals surface area contributed by atoms with Crippen LogP contribution in [0.5, 0.6) is 0 Å². The molecule has 0 unspecified atom stereocenters. The molecular formula is C27H30N4O4S. The molecule has 36 heavy (non-hydrogen) atoms. The fourth-order valence-electron chi connectivity index (χ4n) is 5.58. The zero-order valence-electron chi connectivity index (χ0n) is 20.2. The van der Waals surface area contributed by atoms with E-state index in [1.807, 2.05) is 29.2 Å². The van der Waals surface area contributed by atoms with E-state index in [-0.39, 0.29) is 22.4 Å². The molecule has 1 amide bonds. The fraction of sp³-hybridized carbons (Fsp3) is 0.407. The Bertz CT molecular complexity index is 1380. The number of carbonyl (C=O) groups is 1. The van der Waals surface area contributed by atoms with Gasteiger partial charge in [0.2, 0.25) is 0 Å². The third-order valence-electron chi connectivity index (χ3n) is 7.81. The summed E-state index contributed by atoms with van der Waals surface area (Å²) in [5.41, 5.74) is 3.03. The Morgan fingerprint density at radius 2 is 1.86 bits per heavy atom. The van der Waals surface area contributed by atoms with Crippen molar-refractivity contribution in [1.82, 2.24) is 19.4 Å². The standard InChI is InChI=1S/C27H30N4O4S/c1-30-14-10-24(28-30)36(33,34)29-25-22(31(18-27(25)12-13-27)26(32)23-11-15-35-23)17-19-6-5-9-21(16-19)20-7-3-2-4-8-20/h2-10,14,16,22-23,25,29H,11-13,15,17-18H2,1H3/t22-,23+,25+/m0/s1. The number of amides is 1. The van der Waals surface area contributed by atoms with Gasteiger partial charge in [0.05, 0.1) is 18.7 Å². The topological polar surface area (TPSA) is 93.5 Å². The van der Waals surface area contributed by atoms with Crippen LogP contribution in [0, 0.1) is 5.41 Å². The summed E-state index contributed by atoms with van der Waals surface area (Å²) >= 11 is 0. The lowest BCUT2D eigenvalue weighted by atomic mass is 9.91. The smallest absolute Gasteiger partial charge is 0.260 e. The van der Waals surface area contributed by atoms with Crippen LogP contribution in [0.15, 0.2) is 71.9 Å². The lowest BCUT2D eigenvalue weighted by Crippen LogP contribution is -2.53. The zero-order chi connectivity index (χ0) is 24.9. The number of aromatic nitrogens is 2. The third kappa shape index (κ3) is 4.25. The van der Waals surface area contributed by atoms with Crippen LogP contribution in [0.4, 0.5) is 0 Å². The number of sulfonamides is 1. The molecule has 6 rings (SSSR count). The Labute approximate surface area is 211 Å². The number of hydrogen-bond donors (Lipinski definition) is 1. The summed E-state index contributed by atoms with van der Waals surface area (Å²) in [5, 5.41) is 4.12. The number of carbonyl (C=O) groups excluding carboxylic acids is 1. The predicted octanol–water partition coefficient (Wildman–Crippen LogP) is 2.76. The maximum atomic E-state index is 13.4. The van der Waals surface area contributed by atoms with Crippen molar-refractivity contribution in [1.29, 1.82) is 0 Å². The molecule has 3 aromatic rings. The van der Waals surface area contributed by atoms with Gasteiger partial charge in [0.15, 0.2) is 5.03 Å². The number of ether oxygens (including phenoxy) is 1. The maximum absolute atomic E-state index is 13.4. The highest BCUT2D eigenvalue weighted by Gasteiger charge is 2.62. The van der Waals surface area contributed by atoms with Crippen molar-refractivity contribution in [3.8, 4) is 11.1 Å². The molecule has 0 radical (unpaired) electrons. The Kier molecular flexibility index (Phi) is 5.74. The second-order valence-corrected chi connectivity index (χ2v) is 11.9. The Hall–Kier alpha value is -3.01. The molecule has 1 spiro atoms. The summed E-state index contributed by atoms with van der Waals surface area (Å²) in [7, 11) is -2.15. The van der Waals surface area contributed by atoms with E-state index in [4.69, 9.17) is 4.74 Å². The molecular weight excluding hydrogens is 476 g/mol. The Morgan fingerprint density at radius 3 is 2.50 bits per heavy atom. The first-order chi connectivity index (χ1) is 17.3. The first-order valence-electron chi connectivity index (χ1n) is 12.4. The quantitative estimate of drug-likeness (QED) is 0.532. The van der Waals surface area contributed by atoms with Gasteiger partial charge in [0.25, 0.3) is 15.9 Å². The van der Waals surface area contributed by atoms with Crippen LogP contribution in [-0.2, 0) is 33.0 Å². The van der Waals surface area contributed by atoms with Crippen LogP contribution in [0.2, 0.25) is 0 Å². The van der Waals surface area contributed by atoms with Gasteiger partial charge in [-0.25, -0.2) is 13.1 Å². The summed E-state index contributed by atoms with van der Waals surface area (Å²) in [4.78, 5) is 15.3. The molecule has 0 bridgehead atoms. The predicted molar refractivity (Wildman–Crippen MR) is 134 cm³/mol. The molecule has 1 aliphatic carbocycles. The first kappa shape index (κ1) is 23.4. The van der Waals surface area contributed by atoms with Crippen LogP contribution >= 0.6 is 0 Å². The molecule has 3 fully saturated rings. The number of aryl methyl sites for hydroxylation is 1. The van der Waals surface area contributed by atoms with Crippen LogP contribution in [-0.4, -0.2) is 60.3 Å². The summed E-state index contributed by atoms with van der Waals surface area (Å²) < 4.78 is 36.6. The van der Waals surface area contributed by atoms with Crippen molar-refractivity contribution in [2.45, 2.75) is 48.9 Å². The van der Waals surface area contributed by atoms with E-state index >= 15 is 0 Å². The number of likely N-dealkylation sites (tertiary alicyclic amines) is 1. The first-order valence-corrected chi connectivity index (χ1v) is 13.9. The van der Waals surface area contributed by atoms with E-state index < -0.39 is 22.2 Å². The number of hydrogen-bond acceptors (Lipinski definition) is 5. The second kappa shape index (κ2) is 8.83. The van der Waals surface area contributed by atoms with Gasteiger partial charge in [-0.15, -0.1) is 0 Å². The van der Waals surface area contributed by atoms with Crippen LogP contribution in [0.1, 0.15) is 24.8 Å². The van der Waals surface area contributed by atoms with Gasteiger partial charge >= 0.3 is 0 Å². The van der Waals surface area contributed by atoms with Crippen molar-refractivity contribution in [2.75, 3.05) is 13.2 Å². The van der Waals surface area contributed by atoms with E-state index in [1.165, 1.54) is 10.7 Å². The van der Waals surface area contributed by atoms with E-state index in [0.29, 0.717) is 26.0 Å². The fourth-order valence-corrected chi connectivity index (χ4v) is 6.91. The van der Waals surface area contributed by atoms with Crippen molar-refractivity contribution < 1.29 is 17.9 Å². The average Bonchev–Trinajstić information content (AvgIpc) is 3.39. The Balaban J connectivity index is 1.34. The van der Waals surface area contributed by atoms with Crippen molar-refractivity contribution >= 4 is 15.9 Å². The minimum absolute atomic E-state index is 0.00210. The highest BCUT2D eigenvalue weighted by molar-refractivity contribution is 7.89. The average molecular weight is 507 g/mol. The number of nitrogens with zero attached hydrogens (tertiary/aromatic N) is 3. The molecule has 3 heterocycles. The molecule has 2 aliphatic heterocycles. The lowest BCUT2D eigenvalue weighted by molar-refractivity contribution is -0.157. The number of benzene rings is 2. The molecule has 188 valence electrons. The van der Waals surface area contributed by atoms with E-state index in [2.05, 4.69) is 40.2 Å². The van der Waals surface area contributed by atoms with Gasteiger partial charge in [-0.2, -0.15) is 5.10 Å².